The summed E-state index contributed by atoms with van der Waals surface area (Å²) in [6.45, 7) is 8.48. The molecule has 4 heteroatoms. The van der Waals surface area contributed by atoms with Crippen molar-refractivity contribution in [2.75, 3.05) is 6.54 Å². The predicted octanol–water partition coefficient (Wildman–Crippen LogP) is 1.62. The van der Waals surface area contributed by atoms with Crippen LogP contribution in [0.25, 0.3) is 0 Å². The Kier molecular flexibility index (Phi) is 5.32. The standard InChI is InChI=1S/C11H22N4/c1-4-7-12-10(5-2)8-11-13-9-14-15(11)6-3/h9-10,12H,4-8H2,1-3H3. The van der Waals surface area contributed by atoms with Gasteiger partial charge in [0.25, 0.3) is 0 Å². The average Bonchev–Trinajstić information content (AvgIpc) is 2.71. The van der Waals surface area contributed by atoms with E-state index in [2.05, 4.69) is 36.2 Å². The Morgan fingerprint density at radius 3 is 2.80 bits per heavy atom. The van der Waals surface area contributed by atoms with E-state index in [1.165, 1.54) is 6.42 Å². The predicted molar refractivity (Wildman–Crippen MR) is 61.8 cm³/mol. The van der Waals surface area contributed by atoms with Gasteiger partial charge in [0, 0.05) is 19.0 Å². The maximum Gasteiger partial charge on any atom is 0.138 e. The third-order valence-corrected chi connectivity index (χ3v) is 2.60. The van der Waals surface area contributed by atoms with E-state index in [0.717, 1.165) is 31.8 Å². The highest BCUT2D eigenvalue weighted by atomic mass is 15.3. The van der Waals surface area contributed by atoms with Crippen LogP contribution in [0, 0.1) is 0 Å². The first-order chi connectivity index (χ1) is 7.31. The molecule has 1 heterocycles. The van der Waals surface area contributed by atoms with Gasteiger partial charge >= 0.3 is 0 Å². The first kappa shape index (κ1) is 12.2. The molecule has 1 rings (SSSR count). The van der Waals surface area contributed by atoms with E-state index in [1.807, 2.05) is 4.68 Å². The normalized spacial score (nSPS) is 13.0. The second-order valence-corrected chi connectivity index (χ2v) is 3.76. The molecule has 0 aromatic carbocycles. The first-order valence-electron chi connectivity index (χ1n) is 5.91. The lowest BCUT2D eigenvalue weighted by molar-refractivity contribution is 0.470. The number of rotatable bonds is 7. The molecule has 1 aromatic rings. The van der Waals surface area contributed by atoms with Crippen molar-refractivity contribution in [3.63, 3.8) is 0 Å². The highest BCUT2D eigenvalue weighted by Crippen LogP contribution is 2.02. The Bertz CT molecular complexity index is 269. The van der Waals surface area contributed by atoms with Crippen LogP contribution in [-0.2, 0) is 13.0 Å². The quantitative estimate of drug-likeness (QED) is 0.743. The minimum absolute atomic E-state index is 0.527. The summed E-state index contributed by atoms with van der Waals surface area (Å²) in [5.41, 5.74) is 0. The third-order valence-electron chi connectivity index (χ3n) is 2.60. The van der Waals surface area contributed by atoms with Gasteiger partial charge in [-0.25, -0.2) is 4.98 Å². The second-order valence-electron chi connectivity index (χ2n) is 3.76. The summed E-state index contributed by atoms with van der Waals surface area (Å²) in [7, 11) is 0. The van der Waals surface area contributed by atoms with Crippen LogP contribution >= 0.6 is 0 Å². The highest BCUT2D eigenvalue weighted by molar-refractivity contribution is 4.89. The molecular weight excluding hydrogens is 188 g/mol. The van der Waals surface area contributed by atoms with Gasteiger partial charge in [-0.3, -0.25) is 4.68 Å². The molecule has 0 aliphatic rings. The van der Waals surface area contributed by atoms with Crippen LogP contribution in [0.1, 0.15) is 39.4 Å². The second kappa shape index (κ2) is 6.56. The van der Waals surface area contributed by atoms with Gasteiger partial charge < -0.3 is 5.32 Å². The fraction of sp³-hybridized carbons (Fsp3) is 0.818. The Morgan fingerprint density at radius 2 is 2.20 bits per heavy atom. The van der Waals surface area contributed by atoms with Gasteiger partial charge in [-0.15, -0.1) is 0 Å². The molecule has 0 amide bonds. The van der Waals surface area contributed by atoms with E-state index in [1.54, 1.807) is 6.33 Å². The van der Waals surface area contributed by atoms with Crippen molar-refractivity contribution in [3.8, 4) is 0 Å². The maximum absolute atomic E-state index is 4.29. The SMILES string of the molecule is CCCNC(CC)Cc1ncnn1CC. The third kappa shape index (κ3) is 3.63. The number of nitrogens with one attached hydrogen (secondary N) is 1. The van der Waals surface area contributed by atoms with E-state index >= 15 is 0 Å². The number of aromatic nitrogens is 3. The summed E-state index contributed by atoms with van der Waals surface area (Å²) >= 11 is 0. The molecule has 0 spiro atoms. The van der Waals surface area contributed by atoms with E-state index in [4.69, 9.17) is 0 Å². The van der Waals surface area contributed by atoms with Crippen molar-refractivity contribution in [1.29, 1.82) is 0 Å². The zero-order valence-corrected chi connectivity index (χ0v) is 10.0. The van der Waals surface area contributed by atoms with Crippen LogP contribution in [0.2, 0.25) is 0 Å². The van der Waals surface area contributed by atoms with E-state index in [0.29, 0.717) is 6.04 Å². The Labute approximate surface area is 92.1 Å². The first-order valence-corrected chi connectivity index (χ1v) is 5.91. The molecule has 1 atom stereocenters. The lowest BCUT2D eigenvalue weighted by Gasteiger charge is -2.15. The minimum atomic E-state index is 0.527. The largest absolute Gasteiger partial charge is 0.314 e. The zero-order valence-electron chi connectivity index (χ0n) is 10.0. The van der Waals surface area contributed by atoms with Gasteiger partial charge in [0.1, 0.15) is 12.2 Å². The van der Waals surface area contributed by atoms with Gasteiger partial charge in [0.2, 0.25) is 0 Å². The van der Waals surface area contributed by atoms with Crippen molar-refractivity contribution in [2.45, 2.75) is 52.6 Å². The molecule has 1 aromatic heterocycles. The molecule has 0 saturated heterocycles. The molecule has 0 aliphatic carbocycles. The smallest absolute Gasteiger partial charge is 0.138 e. The van der Waals surface area contributed by atoms with Crippen LogP contribution in [0.4, 0.5) is 0 Å². The van der Waals surface area contributed by atoms with Crippen molar-refractivity contribution < 1.29 is 0 Å². The van der Waals surface area contributed by atoms with E-state index in [9.17, 15) is 0 Å². The van der Waals surface area contributed by atoms with Crippen LogP contribution in [0.3, 0.4) is 0 Å². The van der Waals surface area contributed by atoms with Crippen molar-refractivity contribution in [2.24, 2.45) is 0 Å². The van der Waals surface area contributed by atoms with E-state index < -0.39 is 0 Å². The van der Waals surface area contributed by atoms with Gasteiger partial charge in [0.15, 0.2) is 0 Å². The average molecular weight is 210 g/mol. The summed E-state index contributed by atoms with van der Waals surface area (Å²) < 4.78 is 1.97. The molecule has 86 valence electrons. The molecule has 0 fully saturated rings. The molecular formula is C11H22N4. The molecule has 0 aliphatic heterocycles. The fourth-order valence-corrected chi connectivity index (χ4v) is 1.64. The molecule has 4 nitrogen and oxygen atoms in total. The lowest BCUT2D eigenvalue weighted by atomic mass is 10.1. The summed E-state index contributed by atoms with van der Waals surface area (Å²) in [5, 5.41) is 7.71. The maximum atomic E-state index is 4.29. The van der Waals surface area contributed by atoms with Crippen LogP contribution < -0.4 is 5.32 Å². The monoisotopic (exact) mass is 210 g/mol. The summed E-state index contributed by atoms with van der Waals surface area (Å²) in [6.07, 6.45) is 4.93. The van der Waals surface area contributed by atoms with Crippen molar-refractivity contribution in [3.05, 3.63) is 12.2 Å². The molecule has 15 heavy (non-hydrogen) atoms. The molecule has 0 bridgehead atoms. The van der Waals surface area contributed by atoms with Crippen molar-refractivity contribution >= 4 is 0 Å². The van der Waals surface area contributed by atoms with Gasteiger partial charge in [-0.1, -0.05) is 13.8 Å². The van der Waals surface area contributed by atoms with Crippen LogP contribution in [0.5, 0.6) is 0 Å². The molecule has 0 radical (unpaired) electrons. The summed E-state index contributed by atoms with van der Waals surface area (Å²) in [5.74, 6) is 1.09. The number of hydrogen-bond acceptors (Lipinski definition) is 3. The zero-order chi connectivity index (χ0) is 11.1. The Balaban J connectivity index is 2.50. The van der Waals surface area contributed by atoms with Gasteiger partial charge in [-0.05, 0) is 26.3 Å². The molecule has 1 N–H and O–H groups in total. The van der Waals surface area contributed by atoms with Crippen molar-refractivity contribution in [1.82, 2.24) is 20.1 Å². The van der Waals surface area contributed by atoms with Crippen LogP contribution in [-0.4, -0.2) is 27.4 Å². The summed E-state index contributed by atoms with van der Waals surface area (Å²) in [4.78, 5) is 4.29. The van der Waals surface area contributed by atoms with Gasteiger partial charge in [-0.2, -0.15) is 5.10 Å². The number of hydrogen-bond donors (Lipinski definition) is 1. The number of aryl methyl sites for hydroxylation is 1. The lowest BCUT2D eigenvalue weighted by Crippen LogP contribution is -2.32. The summed E-state index contributed by atoms with van der Waals surface area (Å²) in [6, 6.07) is 0.527. The van der Waals surface area contributed by atoms with Gasteiger partial charge in [0.05, 0.1) is 0 Å². The molecule has 0 saturated carbocycles. The minimum Gasteiger partial charge on any atom is -0.314 e. The fourth-order valence-electron chi connectivity index (χ4n) is 1.64. The Morgan fingerprint density at radius 1 is 1.40 bits per heavy atom. The van der Waals surface area contributed by atoms with E-state index in [-0.39, 0.29) is 0 Å². The highest BCUT2D eigenvalue weighted by Gasteiger charge is 2.10. The topological polar surface area (TPSA) is 42.7 Å². The van der Waals surface area contributed by atoms with Crippen LogP contribution in [0.15, 0.2) is 6.33 Å². The Hall–Kier alpha value is -0.900. The number of nitrogens with zero attached hydrogens (tertiary/aromatic N) is 3. The molecule has 1 unspecified atom stereocenters.